The summed E-state index contributed by atoms with van der Waals surface area (Å²) in [5.74, 6) is 0.769. The first-order valence-electron chi connectivity index (χ1n) is 10.1. The maximum Gasteiger partial charge on any atom is 0.258 e. The molecule has 0 bridgehead atoms. The number of amides is 1. The number of nitrogens with zero attached hydrogens (tertiary/aromatic N) is 5. The summed E-state index contributed by atoms with van der Waals surface area (Å²) in [4.78, 5) is 18.7. The first kappa shape index (κ1) is 19.9. The highest BCUT2D eigenvalue weighted by molar-refractivity contribution is 6.33. The Bertz CT molecular complexity index is 850. The highest BCUT2D eigenvalue weighted by atomic mass is 35.5. The van der Waals surface area contributed by atoms with Crippen LogP contribution in [0, 0.1) is 5.82 Å². The van der Waals surface area contributed by atoms with E-state index in [0.717, 1.165) is 18.2 Å². The third kappa shape index (κ3) is 4.15. The fourth-order valence-electron chi connectivity index (χ4n) is 4.08. The molecule has 1 aromatic carbocycles. The topological polar surface area (TPSA) is 52.6 Å². The first-order valence-corrected chi connectivity index (χ1v) is 10.5. The Morgan fingerprint density at radius 3 is 2.41 bits per heavy atom. The average Bonchev–Trinajstić information content (AvgIpc) is 2.74. The van der Waals surface area contributed by atoms with Gasteiger partial charge >= 0.3 is 0 Å². The van der Waals surface area contributed by atoms with Gasteiger partial charge in [0.15, 0.2) is 11.6 Å². The van der Waals surface area contributed by atoms with Gasteiger partial charge in [0.05, 0.1) is 10.6 Å². The molecule has 8 heteroatoms. The molecule has 0 radical (unpaired) electrons. The minimum atomic E-state index is -0.585. The number of halogens is 2. The number of carbonyl (C=O) groups excluding carboxylic acids is 1. The molecule has 1 amide bonds. The van der Waals surface area contributed by atoms with Gasteiger partial charge in [-0.25, -0.2) is 4.39 Å². The predicted octanol–water partition coefficient (Wildman–Crippen LogP) is 3.61. The van der Waals surface area contributed by atoms with Crippen molar-refractivity contribution in [2.75, 3.05) is 42.5 Å². The van der Waals surface area contributed by atoms with Gasteiger partial charge in [-0.15, -0.1) is 10.2 Å². The van der Waals surface area contributed by atoms with Crippen molar-refractivity contribution in [3.8, 4) is 0 Å². The van der Waals surface area contributed by atoms with Gasteiger partial charge in [-0.3, -0.25) is 4.79 Å². The number of piperazine rings is 1. The van der Waals surface area contributed by atoms with Gasteiger partial charge in [-0.1, -0.05) is 17.7 Å². The van der Waals surface area contributed by atoms with E-state index in [4.69, 9.17) is 11.6 Å². The molecule has 29 heavy (non-hydrogen) atoms. The lowest BCUT2D eigenvalue weighted by molar-refractivity contribution is 0.0742. The minimum Gasteiger partial charge on any atom is -0.352 e. The third-order valence-electron chi connectivity index (χ3n) is 5.80. The molecule has 0 spiro atoms. The van der Waals surface area contributed by atoms with Crippen LogP contribution < -0.4 is 9.80 Å². The minimum absolute atomic E-state index is 0.0533. The number of aromatic nitrogens is 2. The fraction of sp³-hybridized carbons (Fsp3) is 0.476. The van der Waals surface area contributed by atoms with Crippen LogP contribution in [-0.2, 0) is 0 Å². The second kappa shape index (κ2) is 8.53. The number of rotatable bonds is 3. The van der Waals surface area contributed by atoms with Crippen molar-refractivity contribution in [3.05, 3.63) is 46.7 Å². The highest BCUT2D eigenvalue weighted by Gasteiger charge is 2.27. The van der Waals surface area contributed by atoms with Crippen molar-refractivity contribution in [2.45, 2.75) is 32.2 Å². The van der Waals surface area contributed by atoms with E-state index in [1.54, 1.807) is 4.90 Å². The maximum absolute atomic E-state index is 14.1. The van der Waals surface area contributed by atoms with E-state index >= 15 is 0 Å². The fourth-order valence-corrected chi connectivity index (χ4v) is 4.32. The zero-order valence-corrected chi connectivity index (χ0v) is 17.3. The standard InChI is InChI=1S/C21H25ClFN5O/c1-15-5-2-3-10-28(15)19-9-8-18(24-25-19)26-11-13-27(14-12-26)21(29)20-16(22)6-4-7-17(20)23/h4,6-9,15H,2-3,5,10-14H2,1H3/t15-/m0/s1. The number of piperidine rings is 1. The average molecular weight is 418 g/mol. The predicted molar refractivity (Wildman–Crippen MR) is 112 cm³/mol. The van der Waals surface area contributed by atoms with Crippen molar-refractivity contribution in [2.24, 2.45) is 0 Å². The highest BCUT2D eigenvalue weighted by Crippen LogP contribution is 2.25. The van der Waals surface area contributed by atoms with Gasteiger partial charge in [0.2, 0.25) is 0 Å². The van der Waals surface area contributed by atoms with Gasteiger partial charge in [0, 0.05) is 38.8 Å². The molecular formula is C21H25ClFN5O. The third-order valence-corrected chi connectivity index (χ3v) is 6.12. The summed E-state index contributed by atoms with van der Waals surface area (Å²) in [7, 11) is 0. The molecule has 2 fully saturated rings. The molecular weight excluding hydrogens is 393 g/mol. The molecule has 0 N–H and O–H groups in total. The second-order valence-electron chi connectivity index (χ2n) is 7.66. The van der Waals surface area contributed by atoms with E-state index in [0.29, 0.717) is 32.2 Å². The summed E-state index contributed by atoms with van der Waals surface area (Å²) < 4.78 is 14.1. The lowest BCUT2D eigenvalue weighted by Gasteiger charge is -2.36. The van der Waals surface area contributed by atoms with Crippen molar-refractivity contribution in [1.29, 1.82) is 0 Å². The van der Waals surface area contributed by atoms with E-state index < -0.39 is 5.82 Å². The first-order chi connectivity index (χ1) is 14.0. The van der Waals surface area contributed by atoms with Crippen molar-refractivity contribution in [1.82, 2.24) is 15.1 Å². The summed E-state index contributed by atoms with van der Waals surface area (Å²) in [6.45, 7) is 5.45. The van der Waals surface area contributed by atoms with Crippen LogP contribution >= 0.6 is 11.6 Å². The zero-order valence-electron chi connectivity index (χ0n) is 16.5. The molecule has 1 atom stereocenters. The van der Waals surface area contributed by atoms with Gasteiger partial charge < -0.3 is 14.7 Å². The van der Waals surface area contributed by atoms with Crippen molar-refractivity contribution in [3.63, 3.8) is 0 Å². The molecule has 6 nitrogen and oxygen atoms in total. The van der Waals surface area contributed by atoms with E-state index in [1.165, 1.54) is 37.5 Å². The van der Waals surface area contributed by atoms with E-state index in [2.05, 4.69) is 26.9 Å². The van der Waals surface area contributed by atoms with E-state index in [9.17, 15) is 9.18 Å². The molecule has 0 saturated carbocycles. The molecule has 0 aliphatic carbocycles. The molecule has 154 valence electrons. The number of benzene rings is 1. The second-order valence-corrected chi connectivity index (χ2v) is 8.07. The number of carbonyl (C=O) groups is 1. The van der Waals surface area contributed by atoms with Crippen LogP contribution in [0.25, 0.3) is 0 Å². The van der Waals surface area contributed by atoms with Crippen LogP contribution in [0.15, 0.2) is 30.3 Å². The van der Waals surface area contributed by atoms with E-state index in [1.807, 2.05) is 12.1 Å². The van der Waals surface area contributed by atoms with Gasteiger partial charge in [-0.05, 0) is 50.5 Å². The summed E-state index contributed by atoms with van der Waals surface area (Å²) in [6.07, 6.45) is 3.64. The Kier molecular flexibility index (Phi) is 5.85. The molecule has 4 rings (SSSR count). The monoisotopic (exact) mass is 417 g/mol. The Morgan fingerprint density at radius 1 is 1.03 bits per heavy atom. The molecule has 2 aromatic rings. The van der Waals surface area contributed by atoms with Crippen molar-refractivity contribution < 1.29 is 9.18 Å². The lowest BCUT2D eigenvalue weighted by atomic mass is 10.0. The molecule has 3 heterocycles. The van der Waals surface area contributed by atoms with E-state index in [-0.39, 0.29) is 16.5 Å². The number of hydrogen-bond acceptors (Lipinski definition) is 5. The Morgan fingerprint density at radius 2 is 1.76 bits per heavy atom. The summed E-state index contributed by atoms with van der Waals surface area (Å²) in [6, 6.07) is 8.81. The SMILES string of the molecule is C[C@H]1CCCCN1c1ccc(N2CCN(C(=O)c3c(F)cccc3Cl)CC2)nn1. The van der Waals surface area contributed by atoms with Crippen LogP contribution in [0.3, 0.4) is 0 Å². The molecule has 2 aliphatic rings. The number of hydrogen-bond donors (Lipinski definition) is 0. The molecule has 0 unspecified atom stereocenters. The zero-order chi connectivity index (χ0) is 20.4. The molecule has 2 saturated heterocycles. The summed E-state index contributed by atoms with van der Waals surface area (Å²) >= 11 is 6.04. The van der Waals surface area contributed by atoms with Crippen LogP contribution in [0.2, 0.25) is 5.02 Å². The van der Waals surface area contributed by atoms with Crippen LogP contribution in [0.5, 0.6) is 0 Å². The Labute approximate surface area is 175 Å². The quantitative estimate of drug-likeness (QED) is 0.763. The summed E-state index contributed by atoms with van der Waals surface area (Å²) in [5, 5.41) is 9.00. The Hall–Kier alpha value is -2.41. The number of anilines is 2. The molecule has 2 aliphatic heterocycles. The van der Waals surface area contributed by atoms with Crippen LogP contribution in [0.1, 0.15) is 36.5 Å². The van der Waals surface area contributed by atoms with Crippen LogP contribution in [0.4, 0.5) is 16.0 Å². The largest absolute Gasteiger partial charge is 0.352 e. The Balaban J connectivity index is 1.39. The van der Waals surface area contributed by atoms with Gasteiger partial charge in [0.25, 0.3) is 5.91 Å². The van der Waals surface area contributed by atoms with Gasteiger partial charge in [0.1, 0.15) is 5.82 Å². The summed E-state index contributed by atoms with van der Waals surface area (Å²) in [5.41, 5.74) is -0.0533. The lowest BCUT2D eigenvalue weighted by Crippen LogP contribution is -2.49. The van der Waals surface area contributed by atoms with Crippen LogP contribution in [-0.4, -0.2) is 59.8 Å². The van der Waals surface area contributed by atoms with Crippen molar-refractivity contribution >= 4 is 29.1 Å². The smallest absolute Gasteiger partial charge is 0.258 e. The normalized spacial score (nSPS) is 20.1. The molecule has 1 aromatic heterocycles. The van der Waals surface area contributed by atoms with Gasteiger partial charge in [-0.2, -0.15) is 0 Å². The maximum atomic E-state index is 14.1.